The van der Waals surface area contributed by atoms with Crippen LogP contribution < -0.4 is 16.0 Å². The molecule has 0 aliphatic heterocycles. The molecule has 0 atom stereocenters. The lowest BCUT2D eigenvalue weighted by molar-refractivity contribution is 0.306. The monoisotopic (exact) mass is 283 g/mol. The second kappa shape index (κ2) is 5.91. The molecule has 2 rings (SSSR count). The van der Waals surface area contributed by atoms with Crippen LogP contribution in [0.1, 0.15) is 5.56 Å². The molecule has 0 aliphatic rings. The van der Waals surface area contributed by atoms with Crippen LogP contribution in [0.5, 0.6) is 5.75 Å². The van der Waals surface area contributed by atoms with Gasteiger partial charge in [0.2, 0.25) is 0 Å². The van der Waals surface area contributed by atoms with E-state index in [0.29, 0.717) is 28.2 Å². The van der Waals surface area contributed by atoms with E-state index in [2.05, 4.69) is 10.4 Å². The number of hydrazine groups is 1. The van der Waals surface area contributed by atoms with Crippen LogP contribution in [0.15, 0.2) is 36.5 Å². The molecule has 3 N–H and O–H groups in total. The summed E-state index contributed by atoms with van der Waals surface area (Å²) in [6.07, 6.45) is 1.67. The minimum absolute atomic E-state index is 0.359. The van der Waals surface area contributed by atoms with E-state index in [1.54, 1.807) is 30.5 Å². The maximum Gasteiger partial charge on any atom is 0.139 e. The maximum atomic E-state index is 5.98. The number of ether oxygens (including phenoxy) is 1. The fraction of sp³-hybridized carbons (Fsp3) is 0.0833. The predicted octanol–water partition coefficient (Wildman–Crippen LogP) is 3.25. The molecule has 0 saturated carbocycles. The van der Waals surface area contributed by atoms with E-state index in [-0.39, 0.29) is 0 Å². The van der Waals surface area contributed by atoms with Crippen LogP contribution in [-0.2, 0) is 6.61 Å². The molecule has 0 fully saturated rings. The molecule has 1 aromatic carbocycles. The molecule has 0 aliphatic carbocycles. The van der Waals surface area contributed by atoms with Crippen LogP contribution in [0.4, 0.5) is 5.82 Å². The van der Waals surface area contributed by atoms with Gasteiger partial charge in [-0.2, -0.15) is 0 Å². The lowest BCUT2D eigenvalue weighted by Gasteiger charge is -2.08. The number of nitrogens with two attached hydrogens (primary N) is 1. The summed E-state index contributed by atoms with van der Waals surface area (Å²) in [5.74, 6) is 6.37. The Morgan fingerprint density at radius 1 is 1.22 bits per heavy atom. The Kier molecular flexibility index (Phi) is 4.25. The number of halogens is 2. The third kappa shape index (κ3) is 3.26. The number of hydrogen-bond acceptors (Lipinski definition) is 4. The summed E-state index contributed by atoms with van der Waals surface area (Å²) in [5.41, 5.74) is 3.36. The number of aromatic nitrogens is 1. The van der Waals surface area contributed by atoms with Gasteiger partial charge < -0.3 is 10.2 Å². The highest BCUT2D eigenvalue weighted by atomic mass is 35.5. The Bertz CT molecular complexity index is 531. The summed E-state index contributed by atoms with van der Waals surface area (Å²) in [4.78, 5) is 4.07. The van der Waals surface area contributed by atoms with Crippen LogP contribution in [0, 0.1) is 0 Å². The Hall–Kier alpha value is -1.49. The highest BCUT2D eigenvalue weighted by molar-refractivity contribution is 6.34. The van der Waals surface area contributed by atoms with Gasteiger partial charge in [0, 0.05) is 22.8 Å². The number of anilines is 1. The number of hydrogen-bond donors (Lipinski definition) is 2. The maximum absolute atomic E-state index is 5.98. The SMILES string of the molecule is NNc1ccc(COc2cc(Cl)ccc2Cl)cn1. The predicted molar refractivity (Wildman–Crippen MR) is 72.8 cm³/mol. The van der Waals surface area contributed by atoms with Crippen molar-refractivity contribution in [3.05, 3.63) is 52.1 Å². The summed E-state index contributed by atoms with van der Waals surface area (Å²) in [7, 11) is 0. The number of nitrogens with zero attached hydrogens (tertiary/aromatic N) is 1. The molecule has 0 radical (unpaired) electrons. The molecule has 1 heterocycles. The standard InChI is InChI=1S/C12H11Cl2N3O/c13-9-2-3-10(14)11(5-9)18-7-8-1-4-12(17-15)16-6-8/h1-6H,7,15H2,(H,16,17). The zero-order valence-electron chi connectivity index (χ0n) is 9.36. The average molecular weight is 284 g/mol. The van der Waals surface area contributed by atoms with Crippen molar-refractivity contribution in [3.8, 4) is 5.75 Å². The van der Waals surface area contributed by atoms with Gasteiger partial charge in [-0.15, -0.1) is 0 Å². The average Bonchev–Trinajstić information content (AvgIpc) is 2.40. The molecule has 0 saturated heterocycles. The number of pyridine rings is 1. The van der Waals surface area contributed by atoms with Gasteiger partial charge >= 0.3 is 0 Å². The first-order valence-corrected chi connectivity index (χ1v) is 5.94. The van der Waals surface area contributed by atoms with Crippen molar-refractivity contribution in [1.82, 2.24) is 4.98 Å². The van der Waals surface area contributed by atoms with E-state index in [4.69, 9.17) is 33.8 Å². The third-order valence-electron chi connectivity index (χ3n) is 2.26. The second-order valence-electron chi connectivity index (χ2n) is 3.56. The Morgan fingerprint density at radius 3 is 2.72 bits per heavy atom. The highest BCUT2D eigenvalue weighted by Gasteiger charge is 2.03. The van der Waals surface area contributed by atoms with Crippen molar-refractivity contribution in [1.29, 1.82) is 0 Å². The number of rotatable bonds is 4. The summed E-state index contributed by atoms with van der Waals surface area (Å²) < 4.78 is 5.57. The van der Waals surface area contributed by atoms with Crippen molar-refractivity contribution in [2.45, 2.75) is 6.61 Å². The molecule has 94 valence electrons. The molecule has 6 heteroatoms. The summed E-state index contributed by atoms with van der Waals surface area (Å²) in [5, 5.41) is 1.10. The van der Waals surface area contributed by atoms with Gasteiger partial charge in [0.1, 0.15) is 18.2 Å². The van der Waals surface area contributed by atoms with Crippen LogP contribution >= 0.6 is 23.2 Å². The van der Waals surface area contributed by atoms with Gasteiger partial charge in [-0.1, -0.05) is 29.3 Å². The first-order chi connectivity index (χ1) is 8.69. The Labute approximate surface area is 115 Å². The van der Waals surface area contributed by atoms with Gasteiger partial charge in [0.05, 0.1) is 5.02 Å². The van der Waals surface area contributed by atoms with E-state index in [1.165, 1.54) is 0 Å². The van der Waals surface area contributed by atoms with Crippen molar-refractivity contribution < 1.29 is 4.74 Å². The first-order valence-electron chi connectivity index (χ1n) is 5.18. The minimum atomic E-state index is 0.359. The summed E-state index contributed by atoms with van der Waals surface area (Å²) in [6.45, 7) is 0.359. The van der Waals surface area contributed by atoms with Gasteiger partial charge in [0.15, 0.2) is 0 Å². The normalized spacial score (nSPS) is 10.2. The second-order valence-corrected chi connectivity index (χ2v) is 4.40. The van der Waals surface area contributed by atoms with Crippen LogP contribution in [0.3, 0.4) is 0 Å². The number of nitrogen functional groups attached to an aromatic ring is 1. The van der Waals surface area contributed by atoms with E-state index in [0.717, 1.165) is 5.56 Å². The molecular formula is C12H11Cl2N3O. The van der Waals surface area contributed by atoms with Crippen molar-refractivity contribution >= 4 is 29.0 Å². The Morgan fingerprint density at radius 2 is 2.06 bits per heavy atom. The third-order valence-corrected chi connectivity index (χ3v) is 2.81. The fourth-order valence-electron chi connectivity index (χ4n) is 1.34. The smallest absolute Gasteiger partial charge is 0.139 e. The number of benzene rings is 1. The first kappa shape index (κ1) is 13.0. The fourth-order valence-corrected chi connectivity index (χ4v) is 1.68. The quantitative estimate of drug-likeness (QED) is 0.668. The topological polar surface area (TPSA) is 60.2 Å². The van der Waals surface area contributed by atoms with Gasteiger partial charge in [-0.3, -0.25) is 0 Å². The summed E-state index contributed by atoms with van der Waals surface area (Å²) in [6, 6.07) is 8.70. The van der Waals surface area contributed by atoms with Crippen LogP contribution in [0.2, 0.25) is 10.0 Å². The molecule has 4 nitrogen and oxygen atoms in total. The molecule has 2 aromatic rings. The van der Waals surface area contributed by atoms with Crippen molar-refractivity contribution in [2.75, 3.05) is 5.43 Å². The molecule has 0 unspecified atom stereocenters. The number of nitrogens with one attached hydrogen (secondary N) is 1. The van der Waals surface area contributed by atoms with E-state index in [9.17, 15) is 0 Å². The van der Waals surface area contributed by atoms with E-state index in [1.807, 2.05) is 6.07 Å². The molecule has 0 bridgehead atoms. The molecule has 18 heavy (non-hydrogen) atoms. The Balaban J connectivity index is 2.04. The van der Waals surface area contributed by atoms with Gasteiger partial charge in [-0.25, -0.2) is 10.8 Å². The molecule has 0 amide bonds. The molecule has 0 spiro atoms. The zero-order valence-corrected chi connectivity index (χ0v) is 10.9. The van der Waals surface area contributed by atoms with Gasteiger partial charge in [-0.05, 0) is 18.2 Å². The lowest BCUT2D eigenvalue weighted by Crippen LogP contribution is -2.08. The lowest BCUT2D eigenvalue weighted by atomic mass is 10.3. The highest BCUT2D eigenvalue weighted by Crippen LogP contribution is 2.28. The van der Waals surface area contributed by atoms with E-state index >= 15 is 0 Å². The van der Waals surface area contributed by atoms with E-state index < -0.39 is 0 Å². The molecular weight excluding hydrogens is 273 g/mol. The van der Waals surface area contributed by atoms with Crippen molar-refractivity contribution in [2.24, 2.45) is 5.84 Å². The zero-order chi connectivity index (χ0) is 13.0. The minimum Gasteiger partial charge on any atom is -0.487 e. The van der Waals surface area contributed by atoms with Crippen LogP contribution in [0.25, 0.3) is 0 Å². The summed E-state index contributed by atoms with van der Waals surface area (Å²) >= 11 is 11.8. The molecule has 1 aromatic heterocycles. The van der Waals surface area contributed by atoms with Crippen LogP contribution in [-0.4, -0.2) is 4.98 Å². The largest absolute Gasteiger partial charge is 0.487 e. The van der Waals surface area contributed by atoms with Gasteiger partial charge in [0.25, 0.3) is 0 Å². The van der Waals surface area contributed by atoms with Crippen molar-refractivity contribution in [3.63, 3.8) is 0 Å².